The Bertz CT molecular complexity index is 788. The summed E-state index contributed by atoms with van der Waals surface area (Å²) < 4.78 is 0. The van der Waals surface area contributed by atoms with Crippen molar-refractivity contribution in [1.29, 1.82) is 0 Å². The third kappa shape index (κ3) is 6.58. The third-order valence-corrected chi connectivity index (χ3v) is 4.10. The van der Waals surface area contributed by atoms with Crippen molar-refractivity contribution in [3.05, 3.63) is 65.7 Å². The second kappa shape index (κ2) is 9.52. The first-order chi connectivity index (χ1) is 12.8. The second-order valence-corrected chi connectivity index (χ2v) is 6.53. The fourth-order valence-corrected chi connectivity index (χ4v) is 2.65. The van der Waals surface area contributed by atoms with Crippen molar-refractivity contribution >= 4 is 23.4 Å². The topological polar surface area (TPSA) is 78.5 Å². The summed E-state index contributed by atoms with van der Waals surface area (Å²) in [6.45, 7) is 3.32. The lowest BCUT2D eigenvalue weighted by Crippen LogP contribution is -2.37. The summed E-state index contributed by atoms with van der Waals surface area (Å²) in [5.41, 5.74) is 2.63. The van der Waals surface area contributed by atoms with Gasteiger partial charge in [-0.3, -0.25) is 14.4 Å². The normalized spacial score (nSPS) is 11.4. The molecule has 0 radical (unpaired) electrons. The van der Waals surface area contributed by atoms with Gasteiger partial charge in [0.15, 0.2) is 0 Å². The lowest BCUT2D eigenvalue weighted by atomic mass is 10.0. The Morgan fingerprint density at radius 3 is 2.22 bits per heavy atom. The van der Waals surface area contributed by atoms with Gasteiger partial charge in [-0.05, 0) is 24.6 Å². The summed E-state index contributed by atoms with van der Waals surface area (Å²) >= 11 is 0. The van der Waals surface area contributed by atoms with E-state index in [1.54, 1.807) is 7.05 Å². The Morgan fingerprint density at radius 2 is 1.63 bits per heavy atom. The van der Waals surface area contributed by atoms with E-state index < -0.39 is 6.04 Å². The van der Waals surface area contributed by atoms with Gasteiger partial charge in [0, 0.05) is 19.7 Å². The van der Waals surface area contributed by atoms with Gasteiger partial charge in [0.1, 0.15) is 0 Å². The molecule has 3 amide bonds. The summed E-state index contributed by atoms with van der Waals surface area (Å²) in [5.74, 6) is -0.710. The number of carbonyl (C=O) groups excluding carboxylic acids is 3. The molecule has 2 rings (SSSR count). The summed E-state index contributed by atoms with van der Waals surface area (Å²) in [7, 11) is 1.58. The molecule has 0 saturated carbocycles. The van der Waals surface area contributed by atoms with Crippen LogP contribution in [-0.4, -0.2) is 36.2 Å². The summed E-state index contributed by atoms with van der Waals surface area (Å²) in [4.78, 5) is 37.6. The molecular formula is C21H25N3O3. The summed E-state index contributed by atoms with van der Waals surface area (Å²) in [6, 6.07) is 16.3. The third-order valence-electron chi connectivity index (χ3n) is 4.10. The standard InChI is InChI=1S/C21H25N3O3/c1-15-9-11-18(12-10-15)23-20(26)14-24(3)21(27)13-19(22-16(2)25)17-7-5-4-6-8-17/h4-12,19H,13-14H2,1-3H3,(H,22,25)(H,23,26). The van der Waals surface area contributed by atoms with Crippen molar-refractivity contribution in [2.45, 2.75) is 26.3 Å². The summed E-state index contributed by atoms with van der Waals surface area (Å²) in [5, 5.41) is 5.56. The molecule has 2 aromatic rings. The van der Waals surface area contributed by atoms with Crippen molar-refractivity contribution in [2.75, 3.05) is 18.9 Å². The highest BCUT2D eigenvalue weighted by Gasteiger charge is 2.20. The van der Waals surface area contributed by atoms with E-state index >= 15 is 0 Å². The second-order valence-electron chi connectivity index (χ2n) is 6.53. The minimum atomic E-state index is -0.432. The number of hydrogen-bond acceptors (Lipinski definition) is 3. The van der Waals surface area contributed by atoms with Crippen LogP contribution in [0.1, 0.15) is 30.5 Å². The first-order valence-corrected chi connectivity index (χ1v) is 8.77. The molecule has 1 atom stereocenters. The zero-order chi connectivity index (χ0) is 19.8. The molecule has 2 N–H and O–H groups in total. The van der Waals surface area contributed by atoms with Gasteiger partial charge in [0.2, 0.25) is 17.7 Å². The monoisotopic (exact) mass is 367 g/mol. The van der Waals surface area contributed by atoms with Crippen LogP contribution in [0.15, 0.2) is 54.6 Å². The fraction of sp³-hybridized carbons (Fsp3) is 0.286. The molecule has 0 bridgehead atoms. The number of rotatable bonds is 7. The van der Waals surface area contributed by atoms with Crippen LogP contribution < -0.4 is 10.6 Å². The first-order valence-electron chi connectivity index (χ1n) is 8.77. The average Bonchev–Trinajstić information content (AvgIpc) is 2.63. The molecule has 2 aromatic carbocycles. The van der Waals surface area contributed by atoms with Crippen LogP contribution in [-0.2, 0) is 14.4 Å². The molecule has 0 heterocycles. The van der Waals surface area contributed by atoms with E-state index in [1.165, 1.54) is 11.8 Å². The first kappa shape index (κ1) is 20.2. The SMILES string of the molecule is CC(=O)NC(CC(=O)N(C)CC(=O)Nc1ccc(C)cc1)c1ccccc1. The summed E-state index contributed by atoms with van der Waals surface area (Å²) in [6.07, 6.45) is 0.0813. The van der Waals surface area contributed by atoms with Gasteiger partial charge >= 0.3 is 0 Å². The van der Waals surface area contributed by atoms with Crippen LogP contribution in [0, 0.1) is 6.92 Å². The number of hydrogen-bond donors (Lipinski definition) is 2. The van der Waals surface area contributed by atoms with Crippen LogP contribution in [0.2, 0.25) is 0 Å². The number of nitrogens with one attached hydrogen (secondary N) is 2. The molecule has 0 aliphatic carbocycles. The molecule has 0 aromatic heterocycles. The number of nitrogens with zero attached hydrogens (tertiary/aromatic N) is 1. The Kier molecular flexibility index (Phi) is 7.11. The number of anilines is 1. The van der Waals surface area contributed by atoms with Crippen molar-refractivity contribution in [3.63, 3.8) is 0 Å². The van der Waals surface area contributed by atoms with Crippen molar-refractivity contribution < 1.29 is 14.4 Å². The molecule has 27 heavy (non-hydrogen) atoms. The maximum Gasteiger partial charge on any atom is 0.243 e. The zero-order valence-corrected chi connectivity index (χ0v) is 15.9. The van der Waals surface area contributed by atoms with Crippen LogP contribution >= 0.6 is 0 Å². The highest BCUT2D eigenvalue weighted by molar-refractivity contribution is 5.94. The van der Waals surface area contributed by atoms with Crippen LogP contribution in [0.3, 0.4) is 0 Å². The van der Waals surface area contributed by atoms with E-state index in [4.69, 9.17) is 0 Å². The molecule has 0 saturated heterocycles. The maximum atomic E-state index is 12.5. The minimum absolute atomic E-state index is 0.0612. The number of aryl methyl sites for hydroxylation is 1. The molecule has 0 aliphatic heterocycles. The molecule has 6 heteroatoms. The van der Waals surface area contributed by atoms with E-state index in [0.29, 0.717) is 5.69 Å². The smallest absolute Gasteiger partial charge is 0.243 e. The van der Waals surface area contributed by atoms with E-state index in [2.05, 4.69) is 10.6 Å². The highest BCUT2D eigenvalue weighted by atomic mass is 16.2. The van der Waals surface area contributed by atoms with Crippen molar-refractivity contribution in [1.82, 2.24) is 10.2 Å². The van der Waals surface area contributed by atoms with Crippen LogP contribution in [0.5, 0.6) is 0 Å². The van der Waals surface area contributed by atoms with E-state index in [-0.39, 0.29) is 30.7 Å². The molecule has 142 valence electrons. The molecule has 0 aliphatic rings. The Balaban J connectivity index is 1.94. The number of benzene rings is 2. The highest BCUT2D eigenvalue weighted by Crippen LogP contribution is 2.17. The van der Waals surface area contributed by atoms with E-state index in [0.717, 1.165) is 11.1 Å². The molecular weight excluding hydrogens is 342 g/mol. The fourth-order valence-electron chi connectivity index (χ4n) is 2.65. The van der Waals surface area contributed by atoms with Gasteiger partial charge in [-0.15, -0.1) is 0 Å². The lowest BCUT2D eigenvalue weighted by Gasteiger charge is -2.22. The number of carbonyl (C=O) groups is 3. The Hall–Kier alpha value is -3.15. The van der Waals surface area contributed by atoms with Gasteiger partial charge in [-0.25, -0.2) is 0 Å². The predicted octanol–water partition coefficient (Wildman–Crippen LogP) is 2.66. The molecule has 0 fully saturated rings. The van der Waals surface area contributed by atoms with Crippen molar-refractivity contribution in [3.8, 4) is 0 Å². The minimum Gasteiger partial charge on any atom is -0.349 e. The van der Waals surface area contributed by atoms with Gasteiger partial charge in [0.25, 0.3) is 0 Å². The number of likely N-dealkylation sites (N-methyl/N-ethyl adjacent to an activating group) is 1. The predicted molar refractivity (Wildman–Crippen MR) is 105 cm³/mol. The molecule has 1 unspecified atom stereocenters. The Morgan fingerprint density at radius 1 is 1.00 bits per heavy atom. The largest absolute Gasteiger partial charge is 0.349 e. The van der Waals surface area contributed by atoms with Crippen LogP contribution in [0.25, 0.3) is 0 Å². The average molecular weight is 367 g/mol. The van der Waals surface area contributed by atoms with Gasteiger partial charge in [0.05, 0.1) is 19.0 Å². The Labute approximate surface area is 159 Å². The zero-order valence-electron chi connectivity index (χ0n) is 15.9. The van der Waals surface area contributed by atoms with Gasteiger partial charge in [-0.1, -0.05) is 48.0 Å². The lowest BCUT2D eigenvalue weighted by molar-refractivity contribution is -0.134. The van der Waals surface area contributed by atoms with Gasteiger partial charge < -0.3 is 15.5 Å². The van der Waals surface area contributed by atoms with Crippen LogP contribution in [0.4, 0.5) is 5.69 Å². The molecule has 6 nitrogen and oxygen atoms in total. The van der Waals surface area contributed by atoms with Crippen molar-refractivity contribution in [2.24, 2.45) is 0 Å². The molecule has 0 spiro atoms. The quantitative estimate of drug-likeness (QED) is 0.790. The van der Waals surface area contributed by atoms with Gasteiger partial charge in [-0.2, -0.15) is 0 Å². The van der Waals surface area contributed by atoms with E-state index in [1.807, 2.05) is 61.5 Å². The number of amides is 3. The van der Waals surface area contributed by atoms with E-state index in [9.17, 15) is 14.4 Å². The maximum absolute atomic E-state index is 12.5.